The molecule has 0 bridgehead atoms. The highest BCUT2D eigenvalue weighted by Crippen LogP contribution is 2.24. The maximum Gasteiger partial charge on any atom is 0.122 e. The molecular weight excluding hydrogens is 192 g/mol. The molecule has 4 nitrogen and oxygen atoms in total. The fraction of sp³-hybridized carbons (Fsp3) is 0.455. The minimum Gasteiger partial charge on any atom is -0.497 e. The standard InChI is InChI=1S/C11H18N2O2/c1-13(12)7-6-9-8-10(14-2)4-5-11(9)15-3/h4-5,8H,6-7,12H2,1-3H3. The van der Waals surface area contributed by atoms with E-state index in [1.165, 1.54) is 0 Å². The molecule has 0 aromatic heterocycles. The average molecular weight is 210 g/mol. The van der Waals surface area contributed by atoms with Crippen LogP contribution in [0.25, 0.3) is 0 Å². The molecule has 0 saturated heterocycles. The number of hydrazine groups is 1. The Bertz CT molecular complexity index is 313. The van der Waals surface area contributed by atoms with E-state index in [4.69, 9.17) is 15.3 Å². The number of nitrogens with two attached hydrogens (primary N) is 1. The highest BCUT2D eigenvalue weighted by molar-refractivity contribution is 5.40. The molecule has 0 spiro atoms. The van der Waals surface area contributed by atoms with Gasteiger partial charge in [-0.1, -0.05) is 0 Å². The van der Waals surface area contributed by atoms with Crippen LogP contribution >= 0.6 is 0 Å². The Morgan fingerprint density at radius 2 is 2.00 bits per heavy atom. The van der Waals surface area contributed by atoms with Crippen molar-refractivity contribution in [3.05, 3.63) is 23.8 Å². The van der Waals surface area contributed by atoms with Crippen LogP contribution < -0.4 is 15.3 Å². The number of rotatable bonds is 5. The summed E-state index contributed by atoms with van der Waals surface area (Å²) in [6.45, 7) is 0.781. The Kier molecular flexibility index (Phi) is 4.39. The van der Waals surface area contributed by atoms with Crippen LogP contribution in [-0.4, -0.2) is 32.8 Å². The molecule has 0 aliphatic carbocycles. The van der Waals surface area contributed by atoms with Crippen LogP contribution in [0.5, 0.6) is 11.5 Å². The first-order valence-electron chi connectivity index (χ1n) is 4.84. The molecule has 0 amide bonds. The highest BCUT2D eigenvalue weighted by Gasteiger charge is 2.05. The third kappa shape index (κ3) is 3.42. The van der Waals surface area contributed by atoms with E-state index in [1.807, 2.05) is 25.2 Å². The van der Waals surface area contributed by atoms with E-state index in [-0.39, 0.29) is 0 Å². The van der Waals surface area contributed by atoms with Gasteiger partial charge < -0.3 is 9.47 Å². The van der Waals surface area contributed by atoms with Crippen molar-refractivity contribution >= 4 is 0 Å². The zero-order valence-corrected chi connectivity index (χ0v) is 9.49. The smallest absolute Gasteiger partial charge is 0.122 e. The zero-order chi connectivity index (χ0) is 11.3. The van der Waals surface area contributed by atoms with E-state index >= 15 is 0 Å². The van der Waals surface area contributed by atoms with Crippen LogP contribution in [0.15, 0.2) is 18.2 Å². The number of benzene rings is 1. The lowest BCUT2D eigenvalue weighted by molar-refractivity contribution is 0.348. The van der Waals surface area contributed by atoms with Gasteiger partial charge in [0.05, 0.1) is 14.2 Å². The van der Waals surface area contributed by atoms with Gasteiger partial charge in [0.2, 0.25) is 0 Å². The number of hydrogen-bond donors (Lipinski definition) is 1. The summed E-state index contributed by atoms with van der Waals surface area (Å²) in [6, 6.07) is 5.77. The molecule has 0 unspecified atom stereocenters. The van der Waals surface area contributed by atoms with E-state index in [2.05, 4.69) is 0 Å². The summed E-state index contributed by atoms with van der Waals surface area (Å²) >= 11 is 0. The quantitative estimate of drug-likeness (QED) is 0.583. The molecule has 0 aliphatic rings. The van der Waals surface area contributed by atoms with Gasteiger partial charge in [-0.25, -0.2) is 5.01 Å². The summed E-state index contributed by atoms with van der Waals surface area (Å²) in [4.78, 5) is 0. The van der Waals surface area contributed by atoms with Gasteiger partial charge in [0, 0.05) is 13.6 Å². The largest absolute Gasteiger partial charge is 0.497 e. The molecule has 1 aromatic carbocycles. The monoisotopic (exact) mass is 210 g/mol. The third-order valence-corrected chi connectivity index (χ3v) is 2.22. The lowest BCUT2D eigenvalue weighted by Gasteiger charge is -2.13. The lowest BCUT2D eigenvalue weighted by Crippen LogP contribution is -2.28. The lowest BCUT2D eigenvalue weighted by atomic mass is 10.1. The molecule has 0 atom stereocenters. The first kappa shape index (κ1) is 11.8. The van der Waals surface area contributed by atoms with Gasteiger partial charge in [-0.2, -0.15) is 0 Å². The molecule has 0 saturated carbocycles. The molecule has 1 rings (SSSR count). The molecule has 0 radical (unpaired) electrons. The second-order valence-electron chi connectivity index (χ2n) is 3.41. The van der Waals surface area contributed by atoms with Gasteiger partial charge >= 0.3 is 0 Å². The van der Waals surface area contributed by atoms with Crippen LogP contribution in [0.2, 0.25) is 0 Å². The van der Waals surface area contributed by atoms with Crippen molar-refractivity contribution in [1.82, 2.24) is 5.01 Å². The van der Waals surface area contributed by atoms with Crippen LogP contribution in [-0.2, 0) is 6.42 Å². The zero-order valence-electron chi connectivity index (χ0n) is 9.49. The highest BCUT2D eigenvalue weighted by atomic mass is 16.5. The van der Waals surface area contributed by atoms with Gasteiger partial charge in [-0.05, 0) is 30.2 Å². The molecule has 4 heteroatoms. The summed E-state index contributed by atoms with van der Waals surface area (Å²) in [7, 11) is 5.16. The number of nitrogens with zero attached hydrogens (tertiary/aromatic N) is 1. The van der Waals surface area contributed by atoms with Crippen molar-refractivity contribution in [2.45, 2.75) is 6.42 Å². The van der Waals surface area contributed by atoms with Crippen molar-refractivity contribution in [3.63, 3.8) is 0 Å². The number of hydrogen-bond acceptors (Lipinski definition) is 4. The van der Waals surface area contributed by atoms with E-state index in [0.717, 1.165) is 30.0 Å². The van der Waals surface area contributed by atoms with Gasteiger partial charge in [-0.15, -0.1) is 0 Å². The Morgan fingerprint density at radius 1 is 1.27 bits per heavy atom. The first-order valence-corrected chi connectivity index (χ1v) is 4.84. The van der Waals surface area contributed by atoms with Crippen molar-refractivity contribution in [1.29, 1.82) is 0 Å². The minimum absolute atomic E-state index is 0.781. The van der Waals surface area contributed by atoms with E-state index in [0.29, 0.717) is 0 Å². The van der Waals surface area contributed by atoms with Crippen LogP contribution in [0.3, 0.4) is 0 Å². The Labute approximate surface area is 90.6 Å². The summed E-state index contributed by atoms with van der Waals surface area (Å²) in [6.07, 6.45) is 0.841. The molecule has 84 valence electrons. The van der Waals surface area contributed by atoms with Crippen molar-refractivity contribution < 1.29 is 9.47 Å². The molecular formula is C11H18N2O2. The molecule has 1 aromatic rings. The topological polar surface area (TPSA) is 47.7 Å². The van der Waals surface area contributed by atoms with Crippen molar-refractivity contribution in [3.8, 4) is 11.5 Å². The number of likely N-dealkylation sites (N-methyl/N-ethyl adjacent to an activating group) is 1. The van der Waals surface area contributed by atoms with Gasteiger partial charge in [0.25, 0.3) is 0 Å². The fourth-order valence-corrected chi connectivity index (χ4v) is 1.37. The van der Waals surface area contributed by atoms with E-state index in [1.54, 1.807) is 19.2 Å². The normalized spacial score (nSPS) is 10.5. The number of ether oxygens (including phenoxy) is 2. The molecule has 0 heterocycles. The predicted molar refractivity (Wildman–Crippen MR) is 60.1 cm³/mol. The summed E-state index contributed by atoms with van der Waals surface area (Å²) in [5, 5.41) is 1.65. The molecule has 0 fully saturated rings. The second-order valence-corrected chi connectivity index (χ2v) is 3.41. The third-order valence-electron chi connectivity index (χ3n) is 2.22. The molecule has 0 aliphatic heterocycles. The number of methoxy groups -OCH3 is 2. The van der Waals surface area contributed by atoms with Crippen molar-refractivity contribution in [2.24, 2.45) is 5.84 Å². The fourth-order valence-electron chi connectivity index (χ4n) is 1.37. The summed E-state index contributed by atoms with van der Waals surface area (Å²) in [5.41, 5.74) is 1.11. The SMILES string of the molecule is COc1ccc(OC)c(CCN(C)N)c1. The summed E-state index contributed by atoms with van der Waals surface area (Å²) < 4.78 is 10.4. The minimum atomic E-state index is 0.781. The maximum atomic E-state index is 5.56. The van der Waals surface area contributed by atoms with Crippen LogP contribution in [0.1, 0.15) is 5.56 Å². The average Bonchev–Trinajstić information content (AvgIpc) is 2.25. The summed E-state index contributed by atoms with van der Waals surface area (Å²) in [5.74, 6) is 7.27. The Morgan fingerprint density at radius 3 is 2.53 bits per heavy atom. The predicted octanol–water partition coefficient (Wildman–Crippen LogP) is 1.05. The second kappa shape index (κ2) is 5.58. The Balaban J connectivity index is 2.81. The van der Waals surface area contributed by atoms with Gasteiger partial charge in [0.15, 0.2) is 0 Å². The first-order chi connectivity index (χ1) is 7.17. The van der Waals surface area contributed by atoms with E-state index < -0.39 is 0 Å². The van der Waals surface area contributed by atoms with Gasteiger partial charge in [-0.3, -0.25) is 5.84 Å². The van der Waals surface area contributed by atoms with Crippen LogP contribution in [0, 0.1) is 0 Å². The van der Waals surface area contributed by atoms with Crippen molar-refractivity contribution in [2.75, 3.05) is 27.8 Å². The van der Waals surface area contributed by atoms with E-state index in [9.17, 15) is 0 Å². The maximum absolute atomic E-state index is 5.56. The van der Waals surface area contributed by atoms with Crippen LogP contribution in [0.4, 0.5) is 0 Å². The molecule has 15 heavy (non-hydrogen) atoms. The Hall–Kier alpha value is -1.26. The van der Waals surface area contributed by atoms with Gasteiger partial charge in [0.1, 0.15) is 11.5 Å². The molecule has 2 N–H and O–H groups in total.